The number of hydrogen-bond acceptors (Lipinski definition) is 3. The van der Waals surface area contributed by atoms with E-state index in [1.165, 1.54) is 6.07 Å². The fourth-order valence-electron chi connectivity index (χ4n) is 2.74. The highest BCUT2D eigenvalue weighted by atomic mass is 19.4. The summed E-state index contributed by atoms with van der Waals surface area (Å²) >= 11 is 0. The molecule has 0 spiro atoms. The second kappa shape index (κ2) is 5.99. The van der Waals surface area contributed by atoms with Gasteiger partial charge in [-0.2, -0.15) is 13.2 Å². The monoisotopic (exact) mass is 287 g/mol. The van der Waals surface area contributed by atoms with Crippen molar-refractivity contribution in [1.82, 2.24) is 4.98 Å². The van der Waals surface area contributed by atoms with Crippen molar-refractivity contribution in [2.45, 2.75) is 38.9 Å². The molecule has 1 unspecified atom stereocenters. The van der Waals surface area contributed by atoms with Crippen LogP contribution in [0.5, 0.6) is 0 Å². The van der Waals surface area contributed by atoms with Gasteiger partial charge in [-0.05, 0) is 24.8 Å². The van der Waals surface area contributed by atoms with Crippen molar-refractivity contribution < 1.29 is 13.2 Å². The van der Waals surface area contributed by atoms with Crippen LogP contribution in [-0.4, -0.2) is 18.1 Å². The maximum Gasteiger partial charge on any atom is 0.433 e. The van der Waals surface area contributed by atoms with E-state index in [2.05, 4.69) is 11.9 Å². The predicted octanol–water partition coefficient (Wildman–Crippen LogP) is 3.19. The van der Waals surface area contributed by atoms with Gasteiger partial charge in [0.05, 0.1) is 0 Å². The molecular formula is C14H20F3N3. The molecule has 1 aliphatic heterocycles. The maximum atomic E-state index is 12.8. The minimum Gasteiger partial charge on any atom is -0.356 e. The molecule has 0 radical (unpaired) electrons. The zero-order valence-electron chi connectivity index (χ0n) is 11.6. The van der Waals surface area contributed by atoms with E-state index in [-0.39, 0.29) is 6.54 Å². The Morgan fingerprint density at radius 3 is 2.75 bits per heavy atom. The molecule has 1 aromatic rings. The second-order valence-electron chi connectivity index (χ2n) is 5.27. The van der Waals surface area contributed by atoms with Crippen LogP contribution in [0.4, 0.5) is 19.0 Å². The normalized spacial score (nSPS) is 19.6. The Labute approximate surface area is 117 Å². The Hall–Kier alpha value is -1.30. The summed E-state index contributed by atoms with van der Waals surface area (Å²) in [4.78, 5) is 5.75. The molecular weight excluding hydrogens is 267 g/mol. The number of alkyl halides is 3. The molecule has 112 valence electrons. The number of nitrogens with zero attached hydrogens (tertiary/aromatic N) is 2. The van der Waals surface area contributed by atoms with Gasteiger partial charge in [0.25, 0.3) is 0 Å². The van der Waals surface area contributed by atoms with Crippen molar-refractivity contribution in [2.75, 3.05) is 18.0 Å². The van der Waals surface area contributed by atoms with Crippen LogP contribution in [0.3, 0.4) is 0 Å². The summed E-state index contributed by atoms with van der Waals surface area (Å²) in [5.41, 5.74) is 5.46. The molecule has 0 aliphatic carbocycles. The molecule has 2 rings (SSSR count). The molecule has 0 aromatic carbocycles. The van der Waals surface area contributed by atoms with Gasteiger partial charge in [-0.25, -0.2) is 4.98 Å². The Bertz CT molecular complexity index is 459. The fourth-order valence-corrected chi connectivity index (χ4v) is 2.74. The van der Waals surface area contributed by atoms with Crippen LogP contribution in [-0.2, 0) is 12.7 Å². The fraction of sp³-hybridized carbons (Fsp3) is 0.643. The van der Waals surface area contributed by atoms with Crippen molar-refractivity contribution in [1.29, 1.82) is 0 Å². The predicted molar refractivity (Wildman–Crippen MR) is 72.4 cm³/mol. The molecule has 1 atom stereocenters. The molecule has 0 saturated carbocycles. The van der Waals surface area contributed by atoms with E-state index in [4.69, 9.17) is 5.73 Å². The minimum absolute atomic E-state index is 0.204. The molecule has 6 heteroatoms. The van der Waals surface area contributed by atoms with Crippen LogP contribution in [0, 0.1) is 5.92 Å². The van der Waals surface area contributed by atoms with Crippen molar-refractivity contribution in [2.24, 2.45) is 11.7 Å². The van der Waals surface area contributed by atoms with Crippen molar-refractivity contribution in [3.05, 3.63) is 23.4 Å². The summed E-state index contributed by atoms with van der Waals surface area (Å²) in [5.74, 6) is 0.947. The van der Waals surface area contributed by atoms with E-state index < -0.39 is 11.9 Å². The van der Waals surface area contributed by atoms with E-state index in [1.54, 1.807) is 0 Å². The van der Waals surface area contributed by atoms with Crippen LogP contribution in [0.2, 0.25) is 0 Å². The van der Waals surface area contributed by atoms with E-state index in [1.807, 2.05) is 4.90 Å². The summed E-state index contributed by atoms with van der Waals surface area (Å²) < 4.78 is 38.3. The molecule has 1 fully saturated rings. The van der Waals surface area contributed by atoms with Gasteiger partial charge in [-0.1, -0.05) is 19.4 Å². The highest BCUT2D eigenvalue weighted by molar-refractivity contribution is 5.49. The third-order valence-electron chi connectivity index (χ3n) is 3.75. The Morgan fingerprint density at radius 1 is 1.40 bits per heavy atom. The Morgan fingerprint density at radius 2 is 2.15 bits per heavy atom. The summed E-state index contributed by atoms with van der Waals surface area (Å²) in [6.07, 6.45) is -1.20. The number of pyridine rings is 1. The Kier molecular flexibility index (Phi) is 4.52. The number of rotatable bonds is 4. The second-order valence-corrected chi connectivity index (χ2v) is 5.27. The van der Waals surface area contributed by atoms with E-state index >= 15 is 0 Å². The van der Waals surface area contributed by atoms with Crippen LogP contribution in [0.15, 0.2) is 12.1 Å². The van der Waals surface area contributed by atoms with Gasteiger partial charge in [0.2, 0.25) is 0 Å². The minimum atomic E-state index is -4.41. The SMILES string of the molecule is CCCC1CCN(c2nc(C(F)(F)F)ccc2CN)C1. The lowest BCUT2D eigenvalue weighted by Gasteiger charge is -2.21. The first-order valence-electron chi connectivity index (χ1n) is 6.97. The van der Waals surface area contributed by atoms with Crippen LogP contribution >= 0.6 is 0 Å². The number of nitrogens with two attached hydrogens (primary N) is 1. The van der Waals surface area contributed by atoms with Gasteiger partial charge in [0.1, 0.15) is 11.5 Å². The first-order valence-corrected chi connectivity index (χ1v) is 6.97. The highest BCUT2D eigenvalue weighted by Gasteiger charge is 2.34. The zero-order chi connectivity index (χ0) is 14.8. The molecule has 0 bridgehead atoms. The van der Waals surface area contributed by atoms with Gasteiger partial charge in [-0.3, -0.25) is 0 Å². The van der Waals surface area contributed by atoms with Gasteiger partial charge in [-0.15, -0.1) is 0 Å². The van der Waals surface area contributed by atoms with Crippen molar-refractivity contribution in [3.63, 3.8) is 0 Å². The highest BCUT2D eigenvalue weighted by Crippen LogP contribution is 2.32. The van der Waals surface area contributed by atoms with E-state index in [9.17, 15) is 13.2 Å². The number of anilines is 1. The molecule has 2 heterocycles. The zero-order valence-corrected chi connectivity index (χ0v) is 11.6. The van der Waals surface area contributed by atoms with Crippen molar-refractivity contribution >= 4 is 5.82 Å². The number of hydrogen-bond donors (Lipinski definition) is 1. The first-order chi connectivity index (χ1) is 9.45. The van der Waals surface area contributed by atoms with Gasteiger partial charge in [0, 0.05) is 25.2 Å². The summed E-state index contributed by atoms with van der Waals surface area (Å²) in [6.45, 7) is 3.85. The summed E-state index contributed by atoms with van der Waals surface area (Å²) in [5, 5.41) is 0. The maximum absolute atomic E-state index is 12.8. The molecule has 0 amide bonds. The quantitative estimate of drug-likeness (QED) is 0.924. The van der Waals surface area contributed by atoms with Gasteiger partial charge < -0.3 is 10.6 Å². The molecule has 3 nitrogen and oxygen atoms in total. The van der Waals surface area contributed by atoms with Crippen molar-refractivity contribution in [3.8, 4) is 0 Å². The lowest BCUT2D eigenvalue weighted by Crippen LogP contribution is -2.24. The lowest BCUT2D eigenvalue weighted by molar-refractivity contribution is -0.141. The average molecular weight is 287 g/mol. The largest absolute Gasteiger partial charge is 0.433 e. The summed E-state index contributed by atoms with van der Waals surface area (Å²) in [6, 6.07) is 2.45. The first kappa shape index (κ1) is 15.1. The van der Waals surface area contributed by atoms with Gasteiger partial charge in [0.15, 0.2) is 0 Å². The molecule has 1 saturated heterocycles. The van der Waals surface area contributed by atoms with Gasteiger partial charge >= 0.3 is 6.18 Å². The van der Waals surface area contributed by atoms with Crippen LogP contribution in [0.25, 0.3) is 0 Å². The van der Waals surface area contributed by atoms with Crippen LogP contribution < -0.4 is 10.6 Å². The van der Waals surface area contributed by atoms with E-state index in [0.717, 1.165) is 38.4 Å². The van der Waals surface area contributed by atoms with Crippen LogP contribution in [0.1, 0.15) is 37.4 Å². The number of aromatic nitrogens is 1. The van der Waals surface area contributed by atoms with E-state index in [0.29, 0.717) is 17.3 Å². The molecule has 1 aromatic heterocycles. The number of halogens is 3. The lowest BCUT2D eigenvalue weighted by atomic mass is 10.0. The summed E-state index contributed by atoms with van der Waals surface area (Å²) in [7, 11) is 0. The smallest absolute Gasteiger partial charge is 0.356 e. The molecule has 1 aliphatic rings. The third kappa shape index (κ3) is 3.23. The molecule has 2 N–H and O–H groups in total. The third-order valence-corrected chi connectivity index (χ3v) is 3.75. The topological polar surface area (TPSA) is 42.2 Å². The average Bonchev–Trinajstić information content (AvgIpc) is 2.86. The Balaban J connectivity index is 2.25. The standard InChI is InChI=1S/C14H20F3N3/c1-2-3-10-6-7-20(9-10)13-11(8-18)4-5-12(19-13)14(15,16)17/h4-5,10H,2-3,6-9,18H2,1H3. The molecule has 20 heavy (non-hydrogen) atoms.